The van der Waals surface area contributed by atoms with Gasteiger partial charge in [-0.15, -0.1) is 0 Å². The topological polar surface area (TPSA) is 79.4 Å². The summed E-state index contributed by atoms with van der Waals surface area (Å²) in [5.41, 5.74) is 1.66. The highest BCUT2D eigenvalue weighted by Gasteiger charge is 2.13. The maximum Gasteiger partial charge on any atom is 0.248 e. The Morgan fingerprint density at radius 1 is 1.27 bits per heavy atom. The van der Waals surface area contributed by atoms with Gasteiger partial charge in [0.05, 0.1) is 23.3 Å². The number of fused-ring (bicyclic) bond motifs is 1. The second kappa shape index (κ2) is 10.4. The lowest BCUT2D eigenvalue weighted by Crippen LogP contribution is -2.27. The summed E-state index contributed by atoms with van der Waals surface area (Å²) in [7, 11) is 1.53. The minimum atomic E-state index is -0.505. The van der Waals surface area contributed by atoms with E-state index in [2.05, 4.69) is 37.7 Å². The Morgan fingerprint density at radius 3 is 2.91 bits per heavy atom. The number of carbonyl (C=O) groups excluding carboxylic acids is 1. The lowest BCUT2D eigenvalue weighted by molar-refractivity contribution is -0.111. The molecule has 1 aliphatic rings. The van der Waals surface area contributed by atoms with Crippen LogP contribution in [0, 0.1) is 5.82 Å². The largest absolute Gasteiger partial charge is 0.494 e. The van der Waals surface area contributed by atoms with E-state index in [4.69, 9.17) is 16.3 Å². The van der Waals surface area contributed by atoms with Crippen molar-refractivity contribution < 1.29 is 13.9 Å². The van der Waals surface area contributed by atoms with Gasteiger partial charge in [0, 0.05) is 42.9 Å². The molecule has 0 atom stereocenters. The molecule has 2 aromatic carbocycles. The Labute approximate surface area is 195 Å². The molecule has 0 spiro atoms. The number of rotatable bonds is 7. The molecule has 2 N–H and O–H groups in total. The van der Waals surface area contributed by atoms with Gasteiger partial charge in [0.15, 0.2) is 0 Å². The third-order valence-corrected chi connectivity index (χ3v) is 5.46. The number of anilines is 3. The number of ether oxygens (including phenoxy) is 1. The van der Waals surface area contributed by atoms with Crippen LogP contribution in [0.25, 0.3) is 10.9 Å². The zero-order valence-corrected chi connectivity index (χ0v) is 18.8. The lowest BCUT2D eigenvalue weighted by Gasteiger charge is -2.20. The summed E-state index contributed by atoms with van der Waals surface area (Å²) in [6.45, 7) is 2.57. The van der Waals surface area contributed by atoms with Gasteiger partial charge in [0.2, 0.25) is 5.91 Å². The van der Waals surface area contributed by atoms with E-state index >= 15 is 0 Å². The molecule has 7 nitrogen and oxygen atoms in total. The highest BCUT2D eigenvalue weighted by Crippen LogP contribution is 2.33. The second-order valence-electron chi connectivity index (χ2n) is 7.46. The summed E-state index contributed by atoms with van der Waals surface area (Å²) in [6.07, 6.45) is 10.1. The van der Waals surface area contributed by atoms with E-state index in [0.717, 1.165) is 19.5 Å². The highest BCUT2D eigenvalue weighted by molar-refractivity contribution is 6.31. The molecule has 170 valence electrons. The van der Waals surface area contributed by atoms with Crippen molar-refractivity contribution in [2.24, 2.45) is 0 Å². The molecule has 0 unspecified atom stereocenters. The number of hydrogen-bond acceptors (Lipinski definition) is 6. The summed E-state index contributed by atoms with van der Waals surface area (Å²) < 4.78 is 18.9. The molecular formula is C24H23ClFN5O2. The zero-order valence-electron chi connectivity index (χ0n) is 18.0. The standard InChI is InChI=1S/C24H23ClFN5O2/c1-33-22-14-20-17(24(28-15-27-20)29-16-7-8-19(26)18(25)12-16)13-21(22)30-23(32)6-5-11-31-9-3-2-4-10-31/h2-3,5-8,12-15H,4,9-11H2,1H3,(H,30,32)(H,27,28,29)/b6-5+. The molecule has 4 rings (SSSR count). The van der Waals surface area contributed by atoms with E-state index in [1.165, 1.54) is 31.6 Å². The molecule has 0 saturated heterocycles. The van der Waals surface area contributed by atoms with Crippen LogP contribution < -0.4 is 15.4 Å². The van der Waals surface area contributed by atoms with E-state index in [0.29, 0.717) is 40.4 Å². The van der Waals surface area contributed by atoms with E-state index in [1.54, 1.807) is 18.2 Å². The number of methoxy groups -OCH3 is 1. The Morgan fingerprint density at radius 2 is 2.15 bits per heavy atom. The van der Waals surface area contributed by atoms with Gasteiger partial charge in [-0.05, 0) is 30.7 Å². The first-order valence-electron chi connectivity index (χ1n) is 10.4. The van der Waals surface area contributed by atoms with Crippen LogP contribution in [0.2, 0.25) is 5.02 Å². The lowest BCUT2D eigenvalue weighted by atomic mass is 10.1. The smallest absolute Gasteiger partial charge is 0.248 e. The van der Waals surface area contributed by atoms with Crippen molar-refractivity contribution in [2.75, 3.05) is 37.4 Å². The molecule has 3 aromatic rings. The quantitative estimate of drug-likeness (QED) is 0.379. The van der Waals surface area contributed by atoms with Crippen molar-refractivity contribution in [1.29, 1.82) is 0 Å². The van der Waals surface area contributed by atoms with Gasteiger partial charge in [-0.1, -0.05) is 29.8 Å². The number of halogens is 2. The third kappa shape index (κ3) is 5.66. The van der Waals surface area contributed by atoms with Crippen LogP contribution in [0.3, 0.4) is 0 Å². The molecule has 0 saturated carbocycles. The fraction of sp³-hybridized carbons (Fsp3) is 0.208. The van der Waals surface area contributed by atoms with Crippen molar-refractivity contribution in [3.63, 3.8) is 0 Å². The van der Waals surface area contributed by atoms with Crippen molar-refractivity contribution in [1.82, 2.24) is 14.9 Å². The molecule has 0 aliphatic carbocycles. The zero-order chi connectivity index (χ0) is 23.2. The molecule has 0 bridgehead atoms. The average Bonchev–Trinajstić information content (AvgIpc) is 2.82. The number of benzene rings is 2. The van der Waals surface area contributed by atoms with Crippen molar-refractivity contribution in [2.45, 2.75) is 6.42 Å². The second-order valence-corrected chi connectivity index (χ2v) is 7.86. The molecule has 0 radical (unpaired) electrons. The molecule has 1 aliphatic heterocycles. The van der Waals surface area contributed by atoms with E-state index in [1.807, 2.05) is 6.08 Å². The Kier molecular flexibility index (Phi) is 7.16. The summed E-state index contributed by atoms with van der Waals surface area (Å²) in [5.74, 6) is 0.181. The van der Waals surface area contributed by atoms with Gasteiger partial charge < -0.3 is 15.4 Å². The van der Waals surface area contributed by atoms with Crippen molar-refractivity contribution in [3.05, 3.63) is 71.8 Å². The van der Waals surface area contributed by atoms with E-state index < -0.39 is 5.82 Å². The van der Waals surface area contributed by atoms with Crippen LogP contribution in [0.15, 0.2) is 61.0 Å². The Bertz CT molecular complexity index is 1230. The van der Waals surface area contributed by atoms with Crippen LogP contribution >= 0.6 is 11.6 Å². The maximum absolute atomic E-state index is 13.5. The van der Waals surface area contributed by atoms with Crippen molar-refractivity contribution >= 4 is 45.6 Å². The van der Waals surface area contributed by atoms with Gasteiger partial charge in [-0.3, -0.25) is 9.69 Å². The molecule has 9 heteroatoms. The van der Waals surface area contributed by atoms with E-state index in [-0.39, 0.29) is 10.9 Å². The first-order chi connectivity index (χ1) is 16.0. The van der Waals surface area contributed by atoms with Gasteiger partial charge in [-0.2, -0.15) is 0 Å². The molecule has 1 aromatic heterocycles. The number of hydrogen-bond donors (Lipinski definition) is 2. The van der Waals surface area contributed by atoms with Crippen LogP contribution in [-0.4, -0.2) is 47.5 Å². The molecular weight excluding hydrogens is 445 g/mol. The molecule has 33 heavy (non-hydrogen) atoms. The Hall–Kier alpha value is -3.49. The summed E-state index contributed by atoms with van der Waals surface area (Å²) in [6, 6.07) is 7.77. The number of amides is 1. The minimum absolute atomic E-state index is 0.000320. The summed E-state index contributed by atoms with van der Waals surface area (Å²) >= 11 is 5.89. The average molecular weight is 468 g/mol. The Balaban J connectivity index is 1.55. The normalized spacial score (nSPS) is 14.0. The van der Waals surface area contributed by atoms with Crippen molar-refractivity contribution in [3.8, 4) is 5.75 Å². The fourth-order valence-electron chi connectivity index (χ4n) is 3.50. The minimum Gasteiger partial charge on any atom is -0.494 e. The van der Waals surface area contributed by atoms with Gasteiger partial charge in [0.25, 0.3) is 0 Å². The fourth-order valence-corrected chi connectivity index (χ4v) is 3.68. The van der Waals surface area contributed by atoms with Gasteiger partial charge >= 0.3 is 0 Å². The first kappa shape index (κ1) is 22.7. The number of nitrogens with one attached hydrogen (secondary N) is 2. The SMILES string of the molecule is COc1cc2ncnc(Nc3ccc(F)c(Cl)c3)c2cc1NC(=O)/C=C/CN1CC=CCC1. The highest BCUT2D eigenvalue weighted by atomic mass is 35.5. The van der Waals surface area contributed by atoms with Gasteiger partial charge in [-0.25, -0.2) is 14.4 Å². The maximum atomic E-state index is 13.5. The summed E-state index contributed by atoms with van der Waals surface area (Å²) in [4.78, 5) is 23.4. The third-order valence-electron chi connectivity index (χ3n) is 5.17. The molecule has 1 amide bonds. The monoisotopic (exact) mass is 467 g/mol. The predicted molar refractivity (Wildman–Crippen MR) is 129 cm³/mol. The van der Waals surface area contributed by atoms with Crippen LogP contribution in [0.5, 0.6) is 5.75 Å². The molecule has 2 heterocycles. The number of carbonyl (C=O) groups is 1. The van der Waals surface area contributed by atoms with Crippen LogP contribution in [-0.2, 0) is 4.79 Å². The number of nitrogens with zero attached hydrogens (tertiary/aromatic N) is 3. The van der Waals surface area contributed by atoms with Crippen LogP contribution in [0.4, 0.5) is 21.6 Å². The molecule has 0 fully saturated rings. The predicted octanol–water partition coefficient (Wildman–Crippen LogP) is 4.93. The van der Waals surface area contributed by atoms with Crippen LogP contribution in [0.1, 0.15) is 6.42 Å². The first-order valence-corrected chi connectivity index (χ1v) is 10.8. The number of aromatic nitrogens is 2. The summed E-state index contributed by atoms with van der Waals surface area (Å²) in [5, 5.41) is 6.64. The van der Waals surface area contributed by atoms with E-state index in [9.17, 15) is 9.18 Å². The van der Waals surface area contributed by atoms with Gasteiger partial charge in [0.1, 0.15) is 23.7 Å².